The number of benzene rings is 1. The van der Waals surface area contributed by atoms with Gasteiger partial charge in [-0.1, -0.05) is 18.2 Å². The number of amides is 1. The Balaban J connectivity index is 2.01. The van der Waals surface area contributed by atoms with Crippen LogP contribution >= 0.6 is 0 Å². The van der Waals surface area contributed by atoms with Gasteiger partial charge < -0.3 is 15.0 Å². The third-order valence-electron chi connectivity index (χ3n) is 3.72. The standard InChI is InChI=1S/C15H20F2N2O2/c1-18-7-8-19(2)14(20)12-9-11(12)10-5-3-4-6-13(10)21-15(16)17/h3-6,11-12,15,18H,7-9H2,1-2H3. The van der Waals surface area contributed by atoms with E-state index in [2.05, 4.69) is 10.1 Å². The molecule has 1 fully saturated rings. The molecular weight excluding hydrogens is 278 g/mol. The molecule has 2 atom stereocenters. The number of hydrogen-bond donors (Lipinski definition) is 1. The molecule has 1 amide bonds. The van der Waals surface area contributed by atoms with Crippen molar-refractivity contribution in [2.24, 2.45) is 5.92 Å². The highest BCUT2D eigenvalue weighted by molar-refractivity contribution is 5.83. The predicted molar refractivity (Wildman–Crippen MR) is 75.5 cm³/mol. The summed E-state index contributed by atoms with van der Waals surface area (Å²) in [7, 11) is 3.59. The number of halogens is 2. The Morgan fingerprint density at radius 1 is 1.48 bits per heavy atom. The number of likely N-dealkylation sites (N-methyl/N-ethyl adjacent to an activating group) is 2. The van der Waals surface area contributed by atoms with E-state index in [0.717, 1.165) is 6.54 Å². The Bertz CT molecular complexity index is 496. The minimum atomic E-state index is -2.85. The molecule has 0 spiro atoms. The van der Waals surface area contributed by atoms with Crippen molar-refractivity contribution in [1.82, 2.24) is 10.2 Å². The van der Waals surface area contributed by atoms with Crippen LogP contribution in [0.5, 0.6) is 5.75 Å². The summed E-state index contributed by atoms with van der Waals surface area (Å²) in [6.07, 6.45) is 0.687. The van der Waals surface area contributed by atoms with Gasteiger partial charge in [0.05, 0.1) is 0 Å². The second-order valence-corrected chi connectivity index (χ2v) is 5.23. The molecule has 0 aliphatic heterocycles. The summed E-state index contributed by atoms with van der Waals surface area (Å²) >= 11 is 0. The zero-order valence-electron chi connectivity index (χ0n) is 12.2. The van der Waals surface area contributed by atoms with E-state index in [0.29, 0.717) is 18.5 Å². The number of rotatable bonds is 7. The van der Waals surface area contributed by atoms with Crippen LogP contribution in [-0.2, 0) is 4.79 Å². The maximum Gasteiger partial charge on any atom is 0.387 e. The predicted octanol–water partition coefficient (Wildman–Crippen LogP) is 2.07. The molecule has 21 heavy (non-hydrogen) atoms. The Hall–Kier alpha value is -1.69. The van der Waals surface area contributed by atoms with Crippen LogP contribution in [0.25, 0.3) is 0 Å². The van der Waals surface area contributed by atoms with E-state index in [1.165, 1.54) is 6.07 Å². The molecule has 2 rings (SSSR count). The largest absolute Gasteiger partial charge is 0.435 e. The first-order valence-electron chi connectivity index (χ1n) is 6.98. The molecule has 116 valence electrons. The van der Waals surface area contributed by atoms with Gasteiger partial charge in [-0.2, -0.15) is 8.78 Å². The summed E-state index contributed by atoms with van der Waals surface area (Å²) in [5, 5.41) is 2.99. The molecule has 0 bridgehead atoms. The molecule has 0 radical (unpaired) electrons. The second-order valence-electron chi connectivity index (χ2n) is 5.23. The molecule has 0 aromatic heterocycles. The third kappa shape index (κ3) is 3.91. The number of nitrogens with zero attached hydrogens (tertiary/aromatic N) is 1. The number of alkyl halides is 2. The van der Waals surface area contributed by atoms with Gasteiger partial charge in [0.25, 0.3) is 0 Å². The molecule has 6 heteroatoms. The van der Waals surface area contributed by atoms with E-state index < -0.39 is 6.61 Å². The second kappa shape index (κ2) is 6.85. The minimum Gasteiger partial charge on any atom is -0.435 e. The van der Waals surface area contributed by atoms with Crippen LogP contribution < -0.4 is 10.1 Å². The first-order valence-corrected chi connectivity index (χ1v) is 6.98. The minimum absolute atomic E-state index is 0.0236. The highest BCUT2D eigenvalue weighted by atomic mass is 19.3. The summed E-state index contributed by atoms with van der Waals surface area (Å²) in [6.45, 7) is -1.49. The lowest BCUT2D eigenvalue weighted by atomic mass is 10.1. The fourth-order valence-electron chi connectivity index (χ4n) is 2.47. The van der Waals surface area contributed by atoms with Gasteiger partial charge in [0.15, 0.2) is 0 Å². The van der Waals surface area contributed by atoms with Crippen LogP contribution in [0.4, 0.5) is 8.78 Å². The normalized spacial score (nSPS) is 20.4. The summed E-state index contributed by atoms with van der Waals surface area (Å²) in [6, 6.07) is 6.70. The van der Waals surface area contributed by atoms with Gasteiger partial charge in [-0.3, -0.25) is 4.79 Å². The molecule has 1 aromatic carbocycles. The number of nitrogens with one attached hydrogen (secondary N) is 1. The van der Waals surface area contributed by atoms with Gasteiger partial charge in [0.1, 0.15) is 5.75 Å². The van der Waals surface area contributed by atoms with Crippen LogP contribution in [0.3, 0.4) is 0 Å². The van der Waals surface area contributed by atoms with Crippen molar-refractivity contribution >= 4 is 5.91 Å². The van der Waals surface area contributed by atoms with E-state index in [-0.39, 0.29) is 23.5 Å². The summed E-state index contributed by atoms with van der Waals surface area (Å²) in [5.74, 6) is 0.0755. The van der Waals surface area contributed by atoms with Gasteiger partial charge >= 0.3 is 6.61 Å². The fourth-order valence-corrected chi connectivity index (χ4v) is 2.47. The number of carbonyl (C=O) groups excluding carboxylic acids is 1. The molecule has 1 aliphatic carbocycles. The van der Waals surface area contributed by atoms with Crippen molar-refractivity contribution in [2.75, 3.05) is 27.2 Å². The van der Waals surface area contributed by atoms with E-state index in [4.69, 9.17) is 0 Å². The van der Waals surface area contributed by atoms with Gasteiger partial charge in [-0.25, -0.2) is 0 Å². The van der Waals surface area contributed by atoms with Gasteiger partial charge in [0.2, 0.25) is 5.91 Å². The van der Waals surface area contributed by atoms with Crippen LogP contribution in [0, 0.1) is 5.92 Å². The first kappa shape index (κ1) is 15.7. The lowest BCUT2D eigenvalue weighted by Crippen LogP contribution is -2.34. The van der Waals surface area contributed by atoms with E-state index in [1.54, 1.807) is 30.1 Å². The van der Waals surface area contributed by atoms with Crippen LogP contribution in [-0.4, -0.2) is 44.6 Å². The lowest BCUT2D eigenvalue weighted by molar-refractivity contribution is -0.131. The van der Waals surface area contributed by atoms with Crippen LogP contribution in [0.15, 0.2) is 24.3 Å². The van der Waals surface area contributed by atoms with Crippen LogP contribution in [0.2, 0.25) is 0 Å². The molecule has 1 saturated carbocycles. The molecule has 0 saturated heterocycles. The van der Waals surface area contributed by atoms with Crippen molar-refractivity contribution in [2.45, 2.75) is 19.0 Å². The quantitative estimate of drug-likeness (QED) is 0.838. The van der Waals surface area contributed by atoms with E-state index >= 15 is 0 Å². The average molecular weight is 298 g/mol. The molecule has 1 aromatic rings. The lowest BCUT2D eigenvalue weighted by Gasteiger charge is -2.17. The first-order chi connectivity index (χ1) is 10.0. The Morgan fingerprint density at radius 2 is 2.19 bits per heavy atom. The monoisotopic (exact) mass is 298 g/mol. The molecule has 1 N–H and O–H groups in total. The maximum atomic E-state index is 12.4. The Labute approximate surface area is 123 Å². The topological polar surface area (TPSA) is 41.6 Å². The highest BCUT2D eigenvalue weighted by Gasteiger charge is 2.46. The van der Waals surface area contributed by atoms with E-state index in [9.17, 15) is 13.6 Å². The number of ether oxygens (including phenoxy) is 1. The number of para-hydroxylation sites is 1. The van der Waals surface area contributed by atoms with Crippen molar-refractivity contribution in [3.05, 3.63) is 29.8 Å². The van der Waals surface area contributed by atoms with Crippen molar-refractivity contribution in [1.29, 1.82) is 0 Å². The van der Waals surface area contributed by atoms with Crippen molar-refractivity contribution in [3.63, 3.8) is 0 Å². The molecule has 2 unspecified atom stereocenters. The SMILES string of the molecule is CNCCN(C)C(=O)C1CC1c1ccccc1OC(F)F. The van der Waals surface area contributed by atoms with Gasteiger partial charge in [0, 0.05) is 26.1 Å². The summed E-state index contributed by atoms with van der Waals surface area (Å²) in [5.41, 5.74) is 0.693. The summed E-state index contributed by atoms with van der Waals surface area (Å²) in [4.78, 5) is 13.9. The zero-order chi connectivity index (χ0) is 15.4. The van der Waals surface area contributed by atoms with Gasteiger partial charge in [-0.15, -0.1) is 0 Å². The van der Waals surface area contributed by atoms with Crippen molar-refractivity contribution in [3.8, 4) is 5.75 Å². The molecule has 4 nitrogen and oxygen atoms in total. The highest BCUT2D eigenvalue weighted by Crippen LogP contribution is 2.51. The Morgan fingerprint density at radius 3 is 2.86 bits per heavy atom. The summed E-state index contributed by atoms with van der Waals surface area (Å²) < 4.78 is 29.3. The van der Waals surface area contributed by atoms with Gasteiger partial charge in [-0.05, 0) is 31.0 Å². The maximum absolute atomic E-state index is 12.4. The number of hydrogen-bond acceptors (Lipinski definition) is 3. The van der Waals surface area contributed by atoms with E-state index in [1.807, 2.05) is 7.05 Å². The molecule has 1 aliphatic rings. The number of carbonyl (C=O) groups is 1. The fraction of sp³-hybridized carbons (Fsp3) is 0.533. The third-order valence-corrected chi connectivity index (χ3v) is 3.72. The zero-order valence-corrected chi connectivity index (χ0v) is 12.2. The molecule has 0 heterocycles. The van der Waals surface area contributed by atoms with Crippen LogP contribution in [0.1, 0.15) is 17.9 Å². The molecular formula is C15H20F2N2O2. The van der Waals surface area contributed by atoms with Crippen molar-refractivity contribution < 1.29 is 18.3 Å². The smallest absolute Gasteiger partial charge is 0.387 e. The Kier molecular flexibility index (Phi) is 5.12. The average Bonchev–Trinajstić information content (AvgIpc) is 3.24.